The minimum absolute atomic E-state index is 0.0536. The number of thiazole rings is 1. The SMILES string of the molecule is Cc1csc(SC(C)c2nc3ccccc3c(=O)[nH]2)n1. The summed E-state index contributed by atoms with van der Waals surface area (Å²) >= 11 is 3.22. The average molecular weight is 303 g/mol. The van der Waals surface area contributed by atoms with Crippen LogP contribution in [0, 0.1) is 6.92 Å². The van der Waals surface area contributed by atoms with E-state index in [2.05, 4.69) is 15.0 Å². The van der Waals surface area contributed by atoms with Gasteiger partial charge < -0.3 is 4.98 Å². The van der Waals surface area contributed by atoms with Crippen molar-refractivity contribution in [3.05, 3.63) is 51.5 Å². The lowest BCUT2D eigenvalue weighted by atomic mass is 10.2. The van der Waals surface area contributed by atoms with E-state index in [-0.39, 0.29) is 10.8 Å². The number of thioether (sulfide) groups is 1. The maximum Gasteiger partial charge on any atom is 0.258 e. The van der Waals surface area contributed by atoms with Crippen LogP contribution in [0.2, 0.25) is 0 Å². The topological polar surface area (TPSA) is 58.6 Å². The van der Waals surface area contributed by atoms with Gasteiger partial charge in [-0.3, -0.25) is 4.79 Å². The zero-order valence-corrected chi connectivity index (χ0v) is 12.7. The first-order chi connectivity index (χ1) is 9.63. The maximum absolute atomic E-state index is 12.0. The summed E-state index contributed by atoms with van der Waals surface area (Å²) in [4.78, 5) is 23.9. The van der Waals surface area contributed by atoms with Gasteiger partial charge in [-0.05, 0) is 26.0 Å². The van der Waals surface area contributed by atoms with Gasteiger partial charge in [0.1, 0.15) is 5.82 Å². The third kappa shape index (κ3) is 2.62. The van der Waals surface area contributed by atoms with Crippen molar-refractivity contribution in [2.45, 2.75) is 23.4 Å². The molecule has 1 aromatic carbocycles. The molecular weight excluding hydrogens is 290 g/mol. The standard InChI is InChI=1S/C14H13N3OS2/c1-8-7-19-14(15-8)20-9(2)12-16-11-6-4-3-5-10(11)13(18)17-12/h3-7,9H,1-2H3,(H,16,17,18). The van der Waals surface area contributed by atoms with E-state index >= 15 is 0 Å². The lowest BCUT2D eigenvalue weighted by Crippen LogP contribution is -2.12. The van der Waals surface area contributed by atoms with Gasteiger partial charge in [0.15, 0.2) is 4.34 Å². The highest BCUT2D eigenvalue weighted by Crippen LogP contribution is 2.34. The molecule has 0 amide bonds. The van der Waals surface area contributed by atoms with Gasteiger partial charge in [0.25, 0.3) is 5.56 Å². The number of benzene rings is 1. The molecule has 3 rings (SSSR count). The molecule has 102 valence electrons. The van der Waals surface area contributed by atoms with E-state index in [0.717, 1.165) is 15.6 Å². The first-order valence-electron chi connectivity index (χ1n) is 6.21. The summed E-state index contributed by atoms with van der Waals surface area (Å²) in [7, 11) is 0. The molecule has 20 heavy (non-hydrogen) atoms. The Bertz CT molecular complexity index is 809. The summed E-state index contributed by atoms with van der Waals surface area (Å²) in [5, 5.41) is 2.70. The molecule has 2 heterocycles. The fraction of sp³-hybridized carbons (Fsp3) is 0.214. The summed E-state index contributed by atoms with van der Waals surface area (Å²) in [6.07, 6.45) is 0. The van der Waals surface area contributed by atoms with Crippen molar-refractivity contribution < 1.29 is 0 Å². The first-order valence-corrected chi connectivity index (χ1v) is 7.97. The molecule has 4 nitrogen and oxygen atoms in total. The van der Waals surface area contributed by atoms with Gasteiger partial charge in [0.2, 0.25) is 0 Å². The van der Waals surface area contributed by atoms with E-state index in [1.165, 1.54) is 0 Å². The second kappa shape index (κ2) is 5.38. The van der Waals surface area contributed by atoms with Crippen LogP contribution in [0.1, 0.15) is 23.7 Å². The Morgan fingerprint density at radius 2 is 2.10 bits per heavy atom. The lowest BCUT2D eigenvalue weighted by Gasteiger charge is -2.09. The van der Waals surface area contributed by atoms with Gasteiger partial charge in [-0.2, -0.15) is 0 Å². The number of aromatic nitrogens is 3. The Balaban J connectivity index is 1.95. The number of hydrogen-bond donors (Lipinski definition) is 1. The van der Waals surface area contributed by atoms with E-state index in [1.54, 1.807) is 29.2 Å². The van der Waals surface area contributed by atoms with Crippen LogP contribution in [-0.2, 0) is 0 Å². The highest BCUT2D eigenvalue weighted by molar-refractivity contribution is 8.01. The smallest absolute Gasteiger partial charge is 0.258 e. The van der Waals surface area contributed by atoms with E-state index in [9.17, 15) is 4.79 Å². The van der Waals surface area contributed by atoms with E-state index in [1.807, 2.05) is 37.4 Å². The van der Waals surface area contributed by atoms with Gasteiger partial charge in [-0.1, -0.05) is 23.9 Å². The molecule has 1 unspecified atom stereocenters. The zero-order chi connectivity index (χ0) is 14.1. The molecule has 6 heteroatoms. The van der Waals surface area contributed by atoms with Gasteiger partial charge >= 0.3 is 0 Å². The van der Waals surface area contributed by atoms with Crippen molar-refractivity contribution >= 4 is 34.0 Å². The molecule has 0 spiro atoms. The van der Waals surface area contributed by atoms with E-state index < -0.39 is 0 Å². The molecule has 2 aromatic heterocycles. The third-order valence-corrected chi connectivity index (χ3v) is 5.09. The minimum atomic E-state index is -0.0895. The van der Waals surface area contributed by atoms with Crippen LogP contribution >= 0.6 is 23.1 Å². The molecule has 0 aliphatic carbocycles. The molecule has 0 saturated heterocycles. The van der Waals surface area contributed by atoms with E-state index in [4.69, 9.17) is 0 Å². The predicted molar refractivity (Wildman–Crippen MR) is 83.5 cm³/mol. The van der Waals surface area contributed by atoms with Crippen LogP contribution in [0.3, 0.4) is 0 Å². The minimum Gasteiger partial charge on any atom is -0.309 e. The number of rotatable bonds is 3. The Morgan fingerprint density at radius 3 is 2.85 bits per heavy atom. The van der Waals surface area contributed by atoms with Gasteiger partial charge in [-0.15, -0.1) is 11.3 Å². The van der Waals surface area contributed by atoms with Crippen molar-refractivity contribution in [1.82, 2.24) is 15.0 Å². The van der Waals surface area contributed by atoms with Gasteiger partial charge in [0.05, 0.1) is 16.2 Å². The van der Waals surface area contributed by atoms with E-state index in [0.29, 0.717) is 11.2 Å². The quantitative estimate of drug-likeness (QED) is 0.752. The number of para-hydroxylation sites is 1. The number of aromatic amines is 1. The summed E-state index contributed by atoms with van der Waals surface area (Å²) in [5.41, 5.74) is 1.66. The fourth-order valence-corrected chi connectivity index (χ4v) is 3.93. The summed E-state index contributed by atoms with van der Waals surface area (Å²) < 4.78 is 0.991. The molecule has 0 radical (unpaired) electrons. The van der Waals surface area contributed by atoms with Crippen LogP contribution in [0.4, 0.5) is 0 Å². The highest BCUT2D eigenvalue weighted by Gasteiger charge is 2.13. The number of nitrogens with one attached hydrogen (secondary N) is 1. The Morgan fingerprint density at radius 1 is 1.30 bits per heavy atom. The van der Waals surface area contributed by atoms with Crippen molar-refractivity contribution in [2.75, 3.05) is 0 Å². The van der Waals surface area contributed by atoms with Crippen LogP contribution in [0.5, 0.6) is 0 Å². The second-order valence-corrected chi connectivity index (χ2v) is 6.93. The van der Waals surface area contributed by atoms with Crippen LogP contribution in [-0.4, -0.2) is 15.0 Å². The van der Waals surface area contributed by atoms with Crippen molar-refractivity contribution in [1.29, 1.82) is 0 Å². The fourth-order valence-electron chi connectivity index (χ4n) is 1.89. The molecule has 1 N–H and O–H groups in total. The Kier molecular flexibility index (Phi) is 3.58. The molecule has 0 aliphatic heterocycles. The number of nitrogens with zero attached hydrogens (tertiary/aromatic N) is 2. The number of aryl methyl sites for hydroxylation is 1. The van der Waals surface area contributed by atoms with Crippen LogP contribution in [0.15, 0.2) is 38.8 Å². The van der Waals surface area contributed by atoms with Crippen molar-refractivity contribution in [3.8, 4) is 0 Å². The Labute approximate surface area is 124 Å². The summed E-state index contributed by atoms with van der Waals surface area (Å²) in [5.74, 6) is 0.687. The first kappa shape index (κ1) is 13.3. The number of fused-ring (bicyclic) bond motifs is 1. The normalized spacial score (nSPS) is 12.7. The number of H-pyrrole nitrogens is 1. The average Bonchev–Trinajstić information content (AvgIpc) is 2.84. The molecule has 0 saturated carbocycles. The summed E-state index contributed by atoms with van der Waals surface area (Å²) in [6, 6.07) is 7.38. The monoisotopic (exact) mass is 303 g/mol. The highest BCUT2D eigenvalue weighted by atomic mass is 32.2. The lowest BCUT2D eigenvalue weighted by molar-refractivity contribution is 0.921. The Hall–Kier alpha value is -1.66. The molecule has 1 atom stereocenters. The summed E-state index contributed by atoms with van der Waals surface area (Å²) in [6.45, 7) is 4.00. The molecule has 0 aliphatic rings. The second-order valence-electron chi connectivity index (χ2n) is 4.48. The third-order valence-electron chi connectivity index (χ3n) is 2.89. The number of hydrogen-bond acceptors (Lipinski definition) is 5. The van der Waals surface area contributed by atoms with Gasteiger partial charge in [-0.25, -0.2) is 9.97 Å². The molecule has 3 aromatic rings. The molecule has 0 bridgehead atoms. The van der Waals surface area contributed by atoms with Gasteiger partial charge in [0, 0.05) is 11.1 Å². The predicted octanol–water partition coefficient (Wildman–Crippen LogP) is 3.54. The molecular formula is C14H13N3OS2. The molecule has 0 fully saturated rings. The van der Waals surface area contributed by atoms with Crippen LogP contribution < -0.4 is 5.56 Å². The largest absolute Gasteiger partial charge is 0.309 e. The zero-order valence-electron chi connectivity index (χ0n) is 11.1. The van der Waals surface area contributed by atoms with Crippen LogP contribution in [0.25, 0.3) is 10.9 Å². The maximum atomic E-state index is 12.0. The van der Waals surface area contributed by atoms with Crippen molar-refractivity contribution in [2.24, 2.45) is 0 Å². The van der Waals surface area contributed by atoms with Crippen molar-refractivity contribution in [3.63, 3.8) is 0 Å².